The van der Waals surface area contributed by atoms with E-state index in [1.54, 1.807) is 12.1 Å². The molecule has 1 N–H and O–H groups in total. The van der Waals surface area contributed by atoms with Crippen LogP contribution in [0.5, 0.6) is 11.5 Å². The van der Waals surface area contributed by atoms with Crippen LogP contribution in [-0.4, -0.2) is 42.4 Å². The van der Waals surface area contributed by atoms with Gasteiger partial charge in [-0.1, -0.05) is 6.92 Å². The lowest BCUT2D eigenvalue weighted by molar-refractivity contribution is -0.0956. The molecule has 1 aromatic rings. The standard InChI is InChI=1S/C14H19NO3.ClH/c1-2-5-15-6-7-17-14-11-8-10(16)3-4-13(11)18-9-12(14)15;/h3-4,8,12,14,16H,2,5-7,9H2,1H3;1H/t12-,14-;/m0./s1. The topological polar surface area (TPSA) is 41.9 Å². The molecule has 0 bridgehead atoms. The van der Waals surface area contributed by atoms with Crippen LogP contribution >= 0.6 is 12.4 Å². The van der Waals surface area contributed by atoms with Crippen LogP contribution in [0.3, 0.4) is 0 Å². The minimum atomic E-state index is 0. The van der Waals surface area contributed by atoms with Gasteiger partial charge in [0.2, 0.25) is 0 Å². The number of halogens is 1. The molecule has 5 heteroatoms. The van der Waals surface area contributed by atoms with Crippen molar-refractivity contribution >= 4 is 12.4 Å². The van der Waals surface area contributed by atoms with E-state index < -0.39 is 0 Å². The third-order valence-electron chi connectivity index (χ3n) is 3.71. The summed E-state index contributed by atoms with van der Waals surface area (Å²) in [6.45, 7) is 5.64. The summed E-state index contributed by atoms with van der Waals surface area (Å²) in [5.41, 5.74) is 0.979. The van der Waals surface area contributed by atoms with Crippen molar-refractivity contribution in [2.45, 2.75) is 25.5 Å². The molecule has 0 saturated carbocycles. The number of nitrogens with zero attached hydrogens (tertiary/aromatic N) is 1. The maximum atomic E-state index is 9.62. The number of ether oxygens (including phenoxy) is 2. The molecule has 0 amide bonds. The first-order chi connectivity index (χ1) is 8.79. The van der Waals surface area contributed by atoms with E-state index in [2.05, 4.69) is 11.8 Å². The first kappa shape index (κ1) is 14.4. The molecule has 1 aromatic carbocycles. The monoisotopic (exact) mass is 285 g/mol. The normalized spacial score (nSPS) is 25.7. The summed E-state index contributed by atoms with van der Waals surface area (Å²) < 4.78 is 11.7. The van der Waals surface area contributed by atoms with Crippen LogP contribution in [0.1, 0.15) is 25.0 Å². The number of phenols is 1. The molecule has 0 unspecified atom stereocenters. The summed E-state index contributed by atoms with van der Waals surface area (Å²) in [6.07, 6.45) is 1.16. The molecular formula is C14H20ClNO3. The predicted octanol–water partition coefficient (Wildman–Crippen LogP) is 2.36. The summed E-state index contributed by atoms with van der Waals surface area (Å²) >= 11 is 0. The quantitative estimate of drug-likeness (QED) is 0.906. The van der Waals surface area contributed by atoms with Crippen molar-refractivity contribution in [3.63, 3.8) is 0 Å². The number of morpholine rings is 1. The smallest absolute Gasteiger partial charge is 0.125 e. The molecule has 2 heterocycles. The second-order valence-electron chi connectivity index (χ2n) is 4.93. The zero-order valence-electron chi connectivity index (χ0n) is 11.0. The van der Waals surface area contributed by atoms with Crippen LogP contribution in [-0.2, 0) is 4.74 Å². The Hall–Kier alpha value is -0.970. The second kappa shape index (κ2) is 5.99. The Bertz CT molecular complexity index is 439. The molecular weight excluding hydrogens is 266 g/mol. The van der Waals surface area contributed by atoms with Crippen molar-refractivity contribution in [2.24, 2.45) is 0 Å². The fraction of sp³-hybridized carbons (Fsp3) is 0.571. The van der Waals surface area contributed by atoms with Gasteiger partial charge in [-0.3, -0.25) is 4.90 Å². The predicted molar refractivity (Wildman–Crippen MR) is 75.2 cm³/mol. The highest BCUT2D eigenvalue weighted by molar-refractivity contribution is 5.85. The number of fused-ring (bicyclic) bond motifs is 3. The Labute approximate surface area is 119 Å². The van der Waals surface area contributed by atoms with E-state index in [0.717, 1.165) is 37.4 Å². The lowest BCUT2D eigenvalue weighted by Crippen LogP contribution is -2.52. The van der Waals surface area contributed by atoms with Crippen molar-refractivity contribution in [3.05, 3.63) is 23.8 Å². The Balaban J connectivity index is 0.00000133. The SMILES string of the molecule is CCCN1CCO[C@H]2c3cc(O)ccc3OC[C@@H]21.Cl. The van der Waals surface area contributed by atoms with Gasteiger partial charge in [-0.25, -0.2) is 0 Å². The van der Waals surface area contributed by atoms with Crippen molar-refractivity contribution in [1.29, 1.82) is 0 Å². The van der Waals surface area contributed by atoms with Gasteiger partial charge in [0.15, 0.2) is 0 Å². The minimum Gasteiger partial charge on any atom is -0.508 e. The minimum absolute atomic E-state index is 0. The second-order valence-corrected chi connectivity index (χ2v) is 4.93. The highest BCUT2D eigenvalue weighted by atomic mass is 35.5. The van der Waals surface area contributed by atoms with Gasteiger partial charge in [0.05, 0.1) is 12.6 Å². The molecule has 4 nitrogen and oxygen atoms in total. The summed E-state index contributed by atoms with van der Waals surface area (Å²) in [4.78, 5) is 2.43. The Kier molecular flexibility index (Phi) is 4.55. The van der Waals surface area contributed by atoms with Gasteiger partial charge in [0.25, 0.3) is 0 Å². The lowest BCUT2D eigenvalue weighted by Gasteiger charge is -2.44. The molecule has 2 atom stereocenters. The summed E-state index contributed by atoms with van der Waals surface area (Å²) in [7, 11) is 0. The van der Waals surface area contributed by atoms with E-state index in [-0.39, 0.29) is 30.3 Å². The molecule has 0 radical (unpaired) electrons. The highest BCUT2D eigenvalue weighted by Crippen LogP contribution is 2.40. The van der Waals surface area contributed by atoms with Crippen molar-refractivity contribution in [2.75, 3.05) is 26.3 Å². The average Bonchev–Trinajstić information content (AvgIpc) is 2.39. The number of benzene rings is 1. The zero-order chi connectivity index (χ0) is 12.5. The fourth-order valence-corrected chi connectivity index (χ4v) is 2.88. The first-order valence-electron chi connectivity index (χ1n) is 6.61. The summed E-state index contributed by atoms with van der Waals surface area (Å²) in [5, 5.41) is 9.62. The van der Waals surface area contributed by atoms with Gasteiger partial charge in [0, 0.05) is 12.1 Å². The number of phenolic OH excluding ortho intramolecular Hbond substituents is 1. The number of rotatable bonds is 2. The number of hydrogen-bond donors (Lipinski definition) is 1. The Morgan fingerprint density at radius 2 is 2.26 bits per heavy atom. The van der Waals surface area contributed by atoms with Gasteiger partial charge < -0.3 is 14.6 Å². The summed E-state index contributed by atoms with van der Waals surface area (Å²) in [6, 6.07) is 5.52. The van der Waals surface area contributed by atoms with Crippen molar-refractivity contribution in [3.8, 4) is 11.5 Å². The fourth-order valence-electron chi connectivity index (χ4n) is 2.88. The third kappa shape index (κ3) is 2.66. The van der Waals surface area contributed by atoms with E-state index in [4.69, 9.17) is 9.47 Å². The Morgan fingerprint density at radius 3 is 3.05 bits per heavy atom. The highest BCUT2D eigenvalue weighted by Gasteiger charge is 2.38. The molecule has 0 aliphatic carbocycles. The van der Waals surface area contributed by atoms with E-state index in [1.165, 1.54) is 0 Å². The van der Waals surface area contributed by atoms with Gasteiger partial charge in [0.1, 0.15) is 24.2 Å². The van der Waals surface area contributed by atoms with E-state index in [0.29, 0.717) is 6.61 Å². The molecule has 3 rings (SSSR count). The van der Waals surface area contributed by atoms with Crippen LogP contribution < -0.4 is 4.74 Å². The molecule has 1 saturated heterocycles. The maximum absolute atomic E-state index is 9.62. The van der Waals surface area contributed by atoms with E-state index in [1.807, 2.05) is 6.07 Å². The van der Waals surface area contributed by atoms with Crippen molar-refractivity contribution in [1.82, 2.24) is 4.90 Å². The average molecular weight is 286 g/mol. The number of hydrogen-bond acceptors (Lipinski definition) is 4. The molecule has 2 aliphatic heterocycles. The van der Waals surface area contributed by atoms with Crippen LogP contribution in [0.4, 0.5) is 0 Å². The van der Waals surface area contributed by atoms with Gasteiger partial charge in [-0.2, -0.15) is 0 Å². The molecule has 0 spiro atoms. The summed E-state index contributed by atoms with van der Waals surface area (Å²) in [5.74, 6) is 1.11. The molecule has 1 fully saturated rings. The lowest BCUT2D eigenvalue weighted by atomic mass is 9.96. The van der Waals surface area contributed by atoms with Gasteiger partial charge in [-0.15, -0.1) is 12.4 Å². The Morgan fingerprint density at radius 1 is 1.42 bits per heavy atom. The number of aromatic hydroxyl groups is 1. The third-order valence-corrected chi connectivity index (χ3v) is 3.71. The van der Waals surface area contributed by atoms with Gasteiger partial charge >= 0.3 is 0 Å². The van der Waals surface area contributed by atoms with Gasteiger partial charge in [-0.05, 0) is 31.2 Å². The van der Waals surface area contributed by atoms with Crippen LogP contribution in [0.25, 0.3) is 0 Å². The van der Waals surface area contributed by atoms with E-state index >= 15 is 0 Å². The maximum Gasteiger partial charge on any atom is 0.125 e. The molecule has 2 aliphatic rings. The van der Waals surface area contributed by atoms with Crippen LogP contribution in [0.2, 0.25) is 0 Å². The van der Waals surface area contributed by atoms with Crippen LogP contribution in [0, 0.1) is 0 Å². The van der Waals surface area contributed by atoms with E-state index in [9.17, 15) is 5.11 Å². The molecule has 0 aromatic heterocycles. The van der Waals surface area contributed by atoms with Crippen molar-refractivity contribution < 1.29 is 14.6 Å². The first-order valence-corrected chi connectivity index (χ1v) is 6.61. The zero-order valence-corrected chi connectivity index (χ0v) is 11.9. The van der Waals surface area contributed by atoms with Crippen LogP contribution in [0.15, 0.2) is 18.2 Å². The molecule has 19 heavy (non-hydrogen) atoms. The molecule has 106 valence electrons. The largest absolute Gasteiger partial charge is 0.508 e.